The molecule has 0 fully saturated rings. The Labute approximate surface area is 147 Å². The first-order valence-electron chi connectivity index (χ1n) is 7.91. The van der Waals surface area contributed by atoms with Crippen LogP contribution in [0, 0.1) is 0 Å². The Morgan fingerprint density at radius 3 is 2.81 bits per heavy atom. The number of para-hydroxylation sites is 1. The number of nitrogens with two attached hydrogens (primary N) is 1. The molecule has 0 radical (unpaired) electrons. The summed E-state index contributed by atoms with van der Waals surface area (Å²) < 4.78 is 3.28. The molecule has 0 aliphatic rings. The number of carbonyl (C=O) groups is 1. The van der Waals surface area contributed by atoms with E-state index in [2.05, 4.69) is 30.7 Å². The van der Waals surface area contributed by atoms with Gasteiger partial charge < -0.3 is 11.1 Å². The van der Waals surface area contributed by atoms with Crippen LogP contribution in [0.1, 0.15) is 6.42 Å². The van der Waals surface area contributed by atoms with E-state index in [1.165, 1.54) is 6.33 Å². The fraction of sp³-hybridized carbons (Fsp3) is 0.125. The van der Waals surface area contributed by atoms with Gasteiger partial charge in [0.15, 0.2) is 22.8 Å². The summed E-state index contributed by atoms with van der Waals surface area (Å²) in [4.78, 5) is 19.4. The highest BCUT2D eigenvalue weighted by Crippen LogP contribution is 2.21. The minimum absolute atomic E-state index is 0.226. The van der Waals surface area contributed by atoms with Crippen molar-refractivity contribution in [3.63, 3.8) is 0 Å². The predicted molar refractivity (Wildman–Crippen MR) is 93.8 cm³/mol. The van der Waals surface area contributed by atoms with E-state index in [-0.39, 0.29) is 12.3 Å². The number of fused-ring (bicyclic) bond motifs is 1. The van der Waals surface area contributed by atoms with Crippen molar-refractivity contribution in [1.29, 1.82) is 0 Å². The fourth-order valence-electron chi connectivity index (χ4n) is 2.48. The smallest absolute Gasteiger partial charge is 0.219 e. The Bertz CT molecular complexity index is 1050. The van der Waals surface area contributed by atoms with E-state index in [0.717, 1.165) is 5.69 Å². The Morgan fingerprint density at radius 2 is 2.00 bits per heavy atom. The van der Waals surface area contributed by atoms with Gasteiger partial charge in [0.2, 0.25) is 5.91 Å². The lowest BCUT2D eigenvalue weighted by atomic mass is 10.3. The zero-order chi connectivity index (χ0) is 17.9. The van der Waals surface area contributed by atoms with Crippen molar-refractivity contribution in [1.82, 2.24) is 34.7 Å². The van der Waals surface area contributed by atoms with Crippen molar-refractivity contribution < 1.29 is 4.79 Å². The number of carbonyl (C=O) groups excluding carboxylic acids is 1. The number of hydrogen-bond donors (Lipinski definition) is 2. The molecule has 0 bridgehead atoms. The number of rotatable bonds is 6. The first-order valence-corrected chi connectivity index (χ1v) is 7.91. The van der Waals surface area contributed by atoms with E-state index < -0.39 is 0 Å². The van der Waals surface area contributed by atoms with Gasteiger partial charge in [0.1, 0.15) is 6.33 Å². The van der Waals surface area contributed by atoms with Crippen LogP contribution in [0.25, 0.3) is 16.9 Å². The maximum Gasteiger partial charge on any atom is 0.219 e. The van der Waals surface area contributed by atoms with E-state index in [1.807, 2.05) is 30.3 Å². The molecule has 130 valence electrons. The molecular formula is C16H15N9O. The summed E-state index contributed by atoms with van der Waals surface area (Å²) in [5, 5.41) is 15.8. The fourth-order valence-corrected chi connectivity index (χ4v) is 2.48. The third-order valence-electron chi connectivity index (χ3n) is 3.71. The largest absolute Gasteiger partial charge is 0.370 e. The molecule has 0 unspecified atom stereocenters. The number of nitrogens with one attached hydrogen (secondary N) is 1. The molecule has 10 heteroatoms. The van der Waals surface area contributed by atoms with Crippen LogP contribution >= 0.6 is 0 Å². The van der Waals surface area contributed by atoms with Crippen LogP contribution in [0.4, 0.5) is 11.6 Å². The van der Waals surface area contributed by atoms with Crippen molar-refractivity contribution in [2.24, 2.45) is 5.73 Å². The average molecular weight is 349 g/mol. The normalized spacial score (nSPS) is 10.9. The molecule has 0 saturated carbocycles. The quantitative estimate of drug-likeness (QED) is 0.531. The van der Waals surface area contributed by atoms with Crippen molar-refractivity contribution >= 4 is 28.7 Å². The maximum atomic E-state index is 10.9. The topological polar surface area (TPSA) is 129 Å². The van der Waals surface area contributed by atoms with E-state index >= 15 is 0 Å². The molecule has 1 aromatic carbocycles. The Kier molecular flexibility index (Phi) is 3.98. The van der Waals surface area contributed by atoms with Gasteiger partial charge in [-0.1, -0.05) is 23.4 Å². The van der Waals surface area contributed by atoms with Crippen LogP contribution in [-0.4, -0.2) is 40.6 Å². The van der Waals surface area contributed by atoms with Gasteiger partial charge >= 0.3 is 0 Å². The van der Waals surface area contributed by atoms with Crippen LogP contribution in [0.3, 0.4) is 0 Å². The number of nitrogens with zero attached hydrogens (tertiary/aromatic N) is 7. The highest BCUT2D eigenvalue weighted by atomic mass is 16.1. The molecule has 26 heavy (non-hydrogen) atoms. The van der Waals surface area contributed by atoms with Gasteiger partial charge in [-0.25, -0.2) is 9.97 Å². The number of anilines is 2. The second-order valence-electron chi connectivity index (χ2n) is 5.54. The number of aromatic nitrogens is 7. The molecule has 0 saturated heterocycles. The third-order valence-corrected chi connectivity index (χ3v) is 3.71. The van der Waals surface area contributed by atoms with Gasteiger partial charge in [-0.3, -0.25) is 9.48 Å². The standard InChI is InChI=1S/C16H15N9O/c17-12(26)6-8-24-9-7-13(22-24)20-15-14-16(19-10-18-15)25(23-21-14)11-4-2-1-3-5-11/h1-5,7,9-10H,6,8H2,(H2,17,26)(H,18,19,20,22). The van der Waals surface area contributed by atoms with Gasteiger partial charge in [0, 0.05) is 25.2 Å². The first-order chi connectivity index (χ1) is 12.7. The predicted octanol–water partition coefficient (Wildman–Crippen LogP) is 1.03. The molecule has 10 nitrogen and oxygen atoms in total. The molecule has 3 aromatic heterocycles. The molecule has 0 spiro atoms. The lowest BCUT2D eigenvalue weighted by Crippen LogP contribution is -2.14. The number of amides is 1. The van der Waals surface area contributed by atoms with Gasteiger partial charge in [0.25, 0.3) is 0 Å². The maximum absolute atomic E-state index is 10.9. The molecular weight excluding hydrogens is 334 g/mol. The summed E-state index contributed by atoms with van der Waals surface area (Å²) in [6.45, 7) is 0.417. The highest BCUT2D eigenvalue weighted by molar-refractivity contribution is 5.84. The minimum atomic E-state index is -0.370. The lowest BCUT2D eigenvalue weighted by Gasteiger charge is -2.03. The third kappa shape index (κ3) is 3.07. The van der Waals surface area contributed by atoms with Crippen molar-refractivity contribution in [3.8, 4) is 5.69 Å². The Hall–Kier alpha value is -3.82. The zero-order valence-corrected chi connectivity index (χ0v) is 13.6. The van der Waals surface area contributed by atoms with Crippen LogP contribution in [-0.2, 0) is 11.3 Å². The summed E-state index contributed by atoms with van der Waals surface area (Å²) in [5.41, 5.74) is 7.13. The highest BCUT2D eigenvalue weighted by Gasteiger charge is 2.13. The summed E-state index contributed by atoms with van der Waals surface area (Å²) in [5.74, 6) is 0.700. The Morgan fingerprint density at radius 1 is 1.15 bits per heavy atom. The molecule has 0 aliphatic carbocycles. The second kappa shape index (κ2) is 6.59. The summed E-state index contributed by atoms with van der Waals surface area (Å²) >= 11 is 0. The van der Waals surface area contributed by atoms with Crippen LogP contribution in [0.5, 0.6) is 0 Å². The Balaban J connectivity index is 1.62. The van der Waals surface area contributed by atoms with Gasteiger partial charge in [-0.15, -0.1) is 5.10 Å². The summed E-state index contributed by atoms with van der Waals surface area (Å²) in [6.07, 6.45) is 3.42. The van der Waals surface area contributed by atoms with Gasteiger partial charge in [0.05, 0.1) is 5.69 Å². The molecule has 3 heterocycles. The number of benzene rings is 1. The van der Waals surface area contributed by atoms with Crippen molar-refractivity contribution in [3.05, 3.63) is 48.9 Å². The molecule has 0 aliphatic heterocycles. The molecule has 4 aromatic rings. The van der Waals surface area contributed by atoms with Gasteiger partial charge in [-0.05, 0) is 12.1 Å². The number of hydrogen-bond acceptors (Lipinski definition) is 7. The summed E-state index contributed by atoms with van der Waals surface area (Å²) in [6, 6.07) is 11.4. The SMILES string of the molecule is NC(=O)CCn1ccc(Nc2ncnc3c2nnn3-c2ccccc2)n1. The van der Waals surface area contributed by atoms with Crippen LogP contribution in [0.15, 0.2) is 48.9 Å². The average Bonchev–Trinajstić information content (AvgIpc) is 3.28. The summed E-state index contributed by atoms with van der Waals surface area (Å²) in [7, 11) is 0. The van der Waals surface area contributed by atoms with Crippen LogP contribution in [0.2, 0.25) is 0 Å². The molecule has 1 amide bonds. The first kappa shape index (κ1) is 15.7. The molecule has 0 atom stereocenters. The van der Waals surface area contributed by atoms with Crippen molar-refractivity contribution in [2.45, 2.75) is 13.0 Å². The van der Waals surface area contributed by atoms with Gasteiger partial charge in [-0.2, -0.15) is 9.78 Å². The number of primary amides is 1. The van der Waals surface area contributed by atoms with E-state index in [4.69, 9.17) is 5.73 Å². The second-order valence-corrected chi connectivity index (χ2v) is 5.54. The van der Waals surface area contributed by atoms with E-state index in [1.54, 1.807) is 21.6 Å². The lowest BCUT2D eigenvalue weighted by molar-refractivity contribution is -0.118. The molecule has 3 N–H and O–H groups in total. The monoisotopic (exact) mass is 349 g/mol. The van der Waals surface area contributed by atoms with Crippen molar-refractivity contribution in [2.75, 3.05) is 5.32 Å². The minimum Gasteiger partial charge on any atom is -0.370 e. The van der Waals surface area contributed by atoms with E-state index in [0.29, 0.717) is 29.3 Å². The van der Waals surface area contributed by atoms with Crippen LogP contribution < -0.4 is 11.1 Å². The zero-order valence-electron chi connectivity index (χ0n) is 13.6. The molecule has 4 rings (SSSR count). The number of aryl methyl sites for hydroxylation is 1. The van der Waals surface area contributed by atoms with E-state index in [9.17, 15) is 4.79 Å².